The van der Waals surface area contributed by atoms with Gasteiger partial charge in [0.2, 0.25) is 0 Å². The molecule has 3 nitrogen and oxygen atoms in total. The Morgan fingerprint density at radius 2 is 1.22 bits per heavy atom. The number of hydrogen-bond acceptors (Lipinski definition) is 4. The molecule has 0 radical (unpaired) electrons. The molecule has 0 amide bonds. The van der Waals surface area contributed by atoms with Crippen LogP contribution < -0.4 is 30.2 Å². The van der Waals surface area contributed by atoms with E-state index in [4.69, 9.17) is 4.74 Å². The normalized spacial score (nSPS) is 14.5. The number of benzene rings is 7. The molecule has 8 aromatic rings. The molecule has 0 atom stereocenters. The van der Waals surface area contributed by atoms with Crippen molar-refractivity contribution in [3.63, 3.8) is 0 Å². The first-order chi connectivity index (χ1) is 30.0. The molecule has 11 rings (SSSR count). The zero-order valence-corrected chi connectivity index (χ0v) is 39.3. The summed E-state index contributed by atoms with van der Waals surface area (Å²) >= 11 is 1.96. The minimum absolute atomic E-state index is 0.00238. The molecule has 7 aromatic carbocycles. The molecule has 3 aliphatic rings. The maximum Gasteiger partial charge on any atom is 0.269 e. The van der Waals surface area contributed by atoms with Gasteiger partial charge in [-0.15, -0.1) is 11.3 Å². The van der Waals surface area contributed by atoms with Crippen molar-refractivity contribution in [2.24, 2.45) is 0 Å². The maximum atomic E-state index is 7.48. The average Bonchev–Trinajstić information content (AvgIpc) is 3.73. The number of aryl methyl sites for hydroxylation is 3. The molecule has 3 heterocycles. The average molecular weight is 839 g/mol. The molecule has 2 aliphatic heterocycles. The Balaban J connectivity index is 1.25. The van der Waals surface area contributed by atoms with Crippen LogP contribution in [0, 0.1) is 20.8 Å². The van der Waals surface area contributed by atoms with Crippen molar-refractivity contribution in [1.29, 1.82) is 0 Å². The van der Waals surface area contributed by atoms with E-state index in [1.54, 1.807) is 0 Å². The van der Waals surface area contributed by atoms with Gasteiger partial charge >= 0.3 is 0 Å². The van der Waals surface area contributed by atoms with Crippen molar-refractivity contribution in [3.05, 3.63) is 172 Å². The molecular weight excluding hydrogens is 784 g/mol. The maximum absolute atomic E-state index is 7.48. The van der Waals surface area contributed by atoms with Crippen LogP contribution in [0.15, 0.2) is 133 Å². The third kappa shape index (κ3) is 6.06. The van der Waals surface area contributed by atoms with Gasteiger partial charge in [0.1, 0.15) is 11.5 Å². The summed E-state index contributed by atoms with van der Waals surface area (Å²) in [6, 6.07) is 50.7. The highest BCUT2D eigenvalue weighted by Crippen LogP contribution is 2.57. The Bertz CT molecular complexity index is 3120. The third-order valence-electron chi connectivity index (χ3n) is 14.0. The minimum Gasteiger partial charge on any atom is -0.458 e. The van der Waals surface area contributed by atoms with E-state index in [9.17, 15) is 0 Å². The summed E-state index contributed by atoms with van der Waals surface area (Å²) in [5, 5.41) is 1.31. The Morgan fingerprint density at radius 1 is 0.619 bits per heavy atom. The first-order valence-corrected chi connectivity index (χ1v) is 23.4. The summed E-state index contributed by atoms with van der Waals surface area (Å²) < 4.78 is 10.2. The van der Waals surface area contributed by atoms with Crippen molar-refractivity contribution in [1.82, 2.24) is 0 Å². The van der Waals surface area contributed by atoms with Crippen molar-refractivity contribution in [2.75, 3.05) is 9.80 Å². The lowest BCUT2D eigenvalue weighted by molar-refractivity contribution is 0.485. The van der Waals surface area contributed by atoms with Crippen LogP contribution in [-0.4, -0.2) is 6.71 Å². The summed E-state index contributed by atoms with van der Waals surface area (Å²) in [4.78, 5) is 5.02. The van der Waals surface area contributed by atoms with Crippen LogP contribution in [0.3, 0.4) is 0 Å². The molecular formula is C58H55BN2OS. The molecule has 0 unspecified atom stereocenters. The quantitative estimate of drug-likeness (QED) is 0.164. The number of rotatable bonds is 4. The van der Waals surface area contributed by atoms with Crippen molar-refractivity contribution < 1.29 is 4.74 Å². The van der Waals surface area contributed by atoms with E-state index < -0.39 is 0 Å². The number of nitrogens with zero attached hydrogens (tertiary/aromatic N) is 2. The predicted octanol–water partition coefficient (Wildman–Crippen LogP) is 14.6. The van der Waals surface area contributed by atoms with Gasteiger partial charge in [-0.2, -0.15) is 0 Å². The fourth-order valence-electron chi connectivity index (χ4n) is 10.7. The standard InChI is InChI=1S/C58H55BN2OS/c1-34-16-23-39(24-17-34)60(40-25-18-35(2)19-26-40)45-33-48-53(51-50(45)42-14-12-13-15-44(42)58(51,10)11)59-52-46(30-36(3)31-47(52)62-48)61(41-27-20-37(21-28-41)56(4,5)6)54-43-32-38(57(7,8)9)22-29-49(43)63-55(54)59/h12-33H,1-11H3. The highest BCUT2D eigenvalue weighted by molar-refractivity contribution is 7.33. The Labute approximate surface area is 378 Å². The van der Waals surface area contributed by atoms with E-state index in [2.05, 4.69) is 219 Å². The molecule has 0 saturated heterocycles. The summed E-state index contributed by atoms with van der Waals surface area (Å²) in [6.45, 7) is 25.2. The van der Waals surface area contributed by atoms with E-state index in [0.717, 1.165) is 28.6 Å². The molecule has 0 N–H and O–H groups in total. The summed E-state index contributed by atoms with van der Waals surface area (Å²) in [5.74, 6) is 1.87. The van der Waals surface area contributed by atoms with Crippen LogP contribution in [0.4, 0.5) is 34.1 Å². The summed E-state index contributed by atoms with van der Waals surface area (Å²) in [5.41, 5.74) is 20.9. The van der Waals surface area contributed by atoms with E-state index >= 15 is 0 Å². The van der Waals surface area contributed by atoms with Crippen molar-refractivity contribution in [3.8, 4) is 22.6 Å². The van der Waals surface area contributed by atoms with Gasteiger partial charge in [0.25, 0.3) is 6.71 Å². The number of fused-ring (bicyclic) bond motifs is 10. The van der Waals surface area contributed by atoms with E-state index in [1.807, 2.05) is 11.3 Å². The molecule has 1 aliphatic carbocycles. The molecule has 0 saturated carbocycles. The van der Waals surface area contributed by atoms with Gasteiger partial charge in [0, 0.05) is 54.7 Å². The number of ether oxygens (including phenoxy) is 1. The van der Waals surface area contributed by atoms with Crippen LogP contribution in [0.5, 0.6) is 11.5 Å². The van der Waals surface area contributed by atoms with Gasteiger partial charge < -0.3 is 14.5 Å². The van der Waals surface area contributed by atoms with Gasteiger partial charge in [-0.25, -0.2) is 0 Å². The highest BCUT2D eigenvalue weighted by Gasteiger charge is 2.50. The van der Waals surface area contributed by atoms with Crippen LogP contribution in [-0.2, 0) is 16.2 Å². The SMILES string of the molecule is Cc1ccc(N(c2ccc(C)cc2)c2cc3c(c4c2-c2ccccc2C4(C)C)B2c4sc5ccc(C(C)(C)C)cc5c4N(c4ccc(C(C)(C)C)cc4)c4cc(C)cc(c42)O3)cc1. The Morgan fingerprint density at radius 3 is 1.86 bits per heavy atom. The molecule has 0 fully saturated rings. The fraction of sp³-hybridized carbons (Fsp3) is 0.241. The van der Waals surface area contributed by atoms with E-state index in [0.29, 0.717) is 0 Å². The Hall–Kier alpha value is -6.04. The van der Waals surface area contributed by atoms with Gasteiger partial charge in [0.15, 0.2) is 0 Å². The first-order valence-electron chi connectivity index (χ1n) is 22.5. The van der Waals surface area contributed by atoms with E-state index in [1.165, 1.54) is 92.9 Å². The van der Waals surface area contributed by atoms with Gasteiger partial charge in [-0.3, -0.25) is 0 Å². The van der Waals surface area contributed by atoms with Crippen LogP contribution in [0.1, 0.15) is 94.3 Å². The molecule has 1 aromatic heterocycles. The van der Waals surface area contributed by atoms with Gasteiger partial charge in [0.05, 0.1) is 11.4 Å². The molecule has 63 heavy (non-hydrogen) atoms. The largest absolute Gasteiger partial charge is 0.458 e. The second kappa shape index (κ2) is 13.7. The van der Waals surface area contributed by atoms with Crippen molar-refractivity contribution >= 4 is 78.0 Å². The summed E-state index contributed by atoms with van der Waals surface area (Å²) in [7, 11) is 0. The third-order valence-corrected chi connectivity index (χ3v) is 15.2. The zero-order valence-electron chi connectivity index (χ0n) is 38.5. The fourth-order valence-corrected chi connectivity index (χ4v) is 11.9. The van der Waals surface area contributed by atoms with E-state index in [-0.39, 0.29) is 23.0 Å². The van der Waals surface area contributed by atoms with Crippen molar-refractivity contribution in [2.45, 2.75) is 92.4 Å². The van der Waals surface area contributed by atoms with Gasteiger partial charge in [-0.05, 0) is 137 Å². The molecule has 0 spiro atoms. The lowest BCUT2D eigenvalue weighted by Gasteiger charge is -2.41. The van der Waals surface area contributed by atoms with Crippen LogP contribution in [0.25, 0.3) is 21.2 Å². The number of thiophene rings is 1. The van der Waals surface area contributed by atoms with Crippen LogP contribution in [0.2, 0.25) is 0 Å². The van der Waals surface area contributed by atoms with Crippen LogP contribution >= 0.6 is 11.3 Å². The second-order valence-electron chi connectivity index (χ2n) is 20.9. The van der Waals surface area contributed by atoms with Gasteiger partial charge in [-0.1, -0.05) is 133 Å². The zero-order chi connectivity index (χ0) is 43.9. The minimum atomic E-state index is -0.319. The first kappa shape index (κ1) is 39.8. The second-order valence-corrected chi connectivity index (χ2v) is 22.0. The number of hydrogen-bond donors (Lipinski definition) is 0. The Kier molecular flexibility index (Phi) is 8.67. The monoisotopic (exact) mass is 838 g/mol. The number of anilines is 6. The highest BCUT2D eigenvalue weighted by atomic mass is 32.1. The molecule has 0 bridgehead atoms. The predicted molar refractivity (Wildman–Crippen MR) is 272 cm³/mol. The topological polar surface area (TPSA) is 15.7 Å². The lowest BCUT2D eigenvalue weighted by atomic mass is 9.35. The lowest BCUT2D eigenvalue weighted by Crippen LogP contribution is -2.60. The summed E-state index contributed by atoms with van der Waals surface area (Å²) in [6.07, 6.45) is 0. The molecule has 5 heteroatoms. The smallest absolute Gasteiger partial charge is 0.269 e. The molecule has 312 valence electrons.